The van der Waals surface area contributed by atoms with Gasteiger partial charge < -0.3 is 10.2 Å². The van der Waals surface area contributed by atoms with Gasteiger partial charge in [0.1, 0.15) is 0 Å². The van der Waals surface area contributed by atoms with E-state index in [1.807, 2.05) is 0 Å². The van der Waals surface area contributed by atoms with Crippen LogP contribution >= 0.6 is 23.5 Å². The van der Waals surface area contributed by atoms with Crippen LogP contribution in [0.1, 0.15) is 19.3 Å². The Labute approximate surface area is 128 Å². The van der Waals surface area contributed by atoms with Gasteiger partial charge >= 0.3 is 11.9 Å². The number of thioether (sulfide) groups is 2. The number of rotatable bonds is 3. The largest absolute Gasteiger partial charge is 0.473 e. The smallest absolute Gasteiger partial charge is 0.414 e. The van der Waals surface area contributed by atoms with Crippen LogP contribution in [0.3, 0.4) is 0 Å². The number of hydrogen-bond donors (Lipinski definition) is 2. The van der Waals surface area contributed by atoms with Crippen LogP contribution in [-0.2, 0) is 9.59 Å². The van der Waals surface area contributed by atoms with Gasteiger partial charge in [0.25, 0.3) is 0 Å². The molecule has 1 heterocycles. The fourth-order valence-corrected chi connectivity index (χ4v) is 4.06. The van der Waals surface area contributed by atoms with Gasteiger partial charge in [0.15, 0.2) is 0 Å². The molecule has 1 aliphatic rings. The Bertz CT molecular complexity index is 345. The van der Waals surface area contributed by atoms with E-state index in [-0.39, 0.29) is 0 Å². The van der Waals surface area contributed by atoms with Crippen LogP contribution in [0.5, 0.6) is 0 Å². The number of carbonyl (C=O) groups is 2. The molecule has 20 heavy (non-hydrogen) atoms. The third-order valence-corrected chi connectivity index (χ3v) is 5.18. The second-order valence-corrected chi connectivity index (χ2v) is 7.18. The molecule has 2 N–H and O–H groups in total. The molecule has 0 amide bonds. The lowest BCUT2D eigenvalue weighted by atomic mass is 10.3. The Hall–Kier alpha value is -0.840. The molecular weight excluding hydrogens is 298 g/mol. The molecule has 1 saturated heterocycles. The minimum atomic E-state index is -1.82. The van der Waals surface area contributed by atoms with Crippen molar-refractivity contribution in [3.8, 4) is 11.8 Å². The Morgan fingerprint density at radius 1 is 1.15 bits per heavy atom. The SMILES string of the molecule is CN(C)CC#CCCC1SCCCS1.O=C(O)C(=O)O. The number of hydrogen-bond acceptors (Lipinski definition) is 5. The summed E-state index contributed by atoms with van der Waals surface area (Å²) in [6.45, 7) is 0.894. The van der Waals surface area contributed by atoms with Crippen LogP contribution < -0.4 is 0 Å². The monoisotopic (exact) mass is 319 g/mol. The fraction of sp³-hybridized carbons (Fsp3) is 0.692. The van der Waals surface area contributed by atoms with Crippen LogP contribution in [0.4, 0.5) is 0 Å². The molecule has 0 radical (unpaired) electrons. The van der Waals surface area contributed by atoms with Crippen LogP contribution in [0.2, 0.25) is 0 Å². The molecule has 0 aromatic rings. The van der Waals surface area contributed by atoms with E-state index >= 15 is 0 Å². The van der Waals surface area contributed by atoms with Gasteiger partial charge in [-0.1, -0.05) is 5.92 Å². The number of aliphatic carboxylic acids is 2. The van der Waals surface area contributed by atoms with Crippen molar-refractivity contribution >= 4 is 35.5 Å². The van der Waals surface area contributed by atoms with Crippen LogP contribution in [0.25, 0.3) is 0 Å². The maximum atomic E-state index is 9.10. The number of nitrogens with zero attached hydrogens (tertiary/aromatic N) is 1. The lowest BCUT2D eigenvalue weighted by Gasteiger charge is -2.19. The average molecular weight is 319 g/mol. The van der Waals surface area contributed by atoms with Crippen molar-refractivity contribution in [2.45, 2.75) is 23.8 Å². The van der Waals surface area contributed by atoms with Gasteiger partial charge in [0.05, 0.1) is 11.1 Å². The summed E-state index contributed by atoms with van der Waals surface area (Å²) in [5.74, 6) is 5.48. The molecule has 0 aromatic heterocycles. The standard InChI is InChI=1S/C11H19NS2.C2H2O4/c1-12(2)8-5-3-4-7-11-13-9-6-10-14-11;3-1(4)2(5)6/h11H,4,6-10H2,1-2H3;(H,3,4)(H,5,6). The summed E-state index contributed by atoms with van der Waals surface area (Å²) in [6.07, 6.45) is 3.71. The first-order valence-electron chi connectivity index (χ1n) is 6.23. The Morgan fingerprint density at radius 3 is 2.15 bits per heavy atom. The van der Waals surface area contributed by atoms with Crippen molar-refractivity contribution in [3.63, 3.8) is 0 Å². The maximum absolute atomic E-state index is 9.10. The first-order chi connectivity index (χ1) is 9.43. The summed E-state index contributed by atoms with van der Waals surface area (Å²) in [5, 5.41) is 14.8. The van der Waals surface area contributed by atoms with Crippen molar-refractivity contribution in [3.05, 3.63) is 0 Å². The van der Waals surface area contributed by atoms with Crippen LogP contribution in [-0.4, -0.2) is 63.8 Å². The highest BCUT2D eigenvalue weighted by Crippen LogP contribution is 2.33. The zero-order valence-electron chi connectivity index (χ0n) is 11.8. The van der Waals surface area contributed by atoms with E-state index in [0.29, 0.717) is 0 Å². The molecule has 0 unspecified atom stereocenters. The topological polar surface area (TPSA) is 77.8 Å². The van der Waals surface area contributed by atoms with E-state index in [1.54, 1.807) is 0 Å². The van der Waals surface area contributed by atoms with Crippen LogP contribution in [0.15, 0.2) is 0 Å². The van der Waals surface area contributed by atoms with E-state index < -0.39 is 11.9 Å². The minimum absolute atomic E-state index is 0.817. The fourth-order valence-electron chi connectivity index (χ4n) is 1.20. The molecule has 0 aromatic carbocycles. The first kappa shape index (κ1) is 19.2. The maximum Gasteiger partial charge on any atom is 0.414 e. The number of carboxylic acid groups (broad SMARTS) is 2. The Morgan fingerprint density at radius 2 is 1.70 bits per heavy atom. The Balaban J connectivity index is 0.000000511. The highest BCUT2D eigenvalue weighted by molar-refractivity contribution is 8.17. The van der Waals surface area contributed by atoms with Gasteiger partial charge in [-0.25, -0.2) is 9.59 Å². The molecule has 1 fully saturated rings. The van der Waals surface area contributed by atoms with Gasteiger partial charge in [-0.15, -0.1) is 29.4 Å². The molecular formula is C13H21NO4S2. The predicted molar refractivity (Wildman–Crippen MR) is 84.2 cm³/mol. The third-order valence-electron chi connectivity index (χ3n) is 2.10. The minimum Gasteiger partial charge on any atom is -0.473 e. The lowest BCUT2D eigenvalue weighted by Crippen LogP contribution is -2.10. The molecule has 7 heteroatoms. The summed E-state index contributed by atoms with van der Waals surface area (Å²) < 4.78 is 0.817. The predicted octanol–water partition coefficient (Wildman–Crippen LogP) is 1.68. The van der Waals surface area contributed by atoms with Gasteiger partial charge in [0, 0.05) is 6.42 Å². The molecule has 5 nitrogen and oxygen atoms in total. The van der Waals surface area contributed by atoms with Gasteiger partial charge in [-0.3, -0.25) is 4.90 Å². The normalized spacial score (nSPS) is 14.8. The van der Waals surface area contributed by atoms with Crippen molar-refractivity contribution in [2.75, 3.05) is 32.1 Å². The summed E-state index contributed by atoms with van der Waals surface area (Å²) in [5.41, 5.74) is 0. The van der Waals surface area contributed by atoms with Crippen molar-refractivity contribution in [1.82, 2.24) is 4.90 Å². The summed E-state index contributed by atoms with van der Waals surface area (Å²) >= 11 is 4.22. The molecule has 0 aliphatic carbocycles. The van der Waals surface area contributed by atoms with Crippen molar-refractivity contribution < 1.29 is 19.8 Å². The third kappa shape index (κ3) is 12.2. The number of carboxylic acids is 2. The summed E-state index contributed by atoms with van der Waals surface area (Å²) in [7, 11) is 4.11. The van der Waals surface area contributed by atoms with Gasteiger partial charge in [-0.2, -0.15) is 0 Å². The molecule has 0 spiro atoms. The second kappa shape index (κ2) is 11.9. The molecule has 0 saturated carbocycles. The average Bonchev–Trinajstić information content (AvgIpc) is 2.40. The first-order valence-corrected chi connectivity index (χ1v) is 8.33. The zero-order valence-corrected chi connectivity index (χ0v) is 13.4. The van der Waals surface area contributed by atoms with E-state index in [4.69, 9.17) is 19.8 Å². The summed E-state index contributed by atoms with van der Waals surface area (Å²) in [4.78, 5) is 20.3. The summed E-state index contributed by atoms with van der Waals surface area (Å²) in [6, 6.07) is 0. The molecule has 0 bridgehead atoms. The van der Waals surface area contributed by atoms with E-state index in [9.17, 15) is 0 Å². The molecule has 1 aliphatic heterocycles. The molecule has 0 atom stereocenters. The van der Waals surface area contributed by atoms with E-state index in [0.717, 1.165) is 17.5 Å². The molecule has 1 rings (SSSR count). The van der Waals surface area contributed by atoms with E-state index in [2.05, 4.69) is 54.4 Å². The Kier molecular flexibility index (Phi) is 11.4. The highest BCUT2D eigenvalue weighted by Gasteiger charge is 2.12. The lowest BCUT2D eigenvalue weighted by molar-refractivity contribution is -0.159. The highest BCUT2D eigenvalue weighted by atomic mass is 32.2. The van der Waals surface area contributed by atoms with Crippen molar-refractivity contribution in [1.29, 1.82) is 0 Å². The van der Waals surface area contributed by atoms with Crippen molar-refractivity contribution in [2.24, 2.45) is 0 Å². The zero-order chi connectivity index (χ0) is 15.4. The van der Waals surface area contributed by atoms with E-state index in [1.165, 1.54) is 24.3 Å². The van der Waals surface area contributed by atoms with Gasteiger partial charge in [-0.05, 0) is 38.4 Å². The molecule has 114 valence electrons. The quantitative estimate of drug-likeness (QED) is 0.605. The van der Waals surface area contributed by atoms with Crippen LogP contribution in [0, 0.1) is 11.8 Å². The van der Waals surface area contributed by atoms with Gasteiger partial charge in [0.2, 0.25) is 0 Å². The second-order valence-electron chi connectivity index (χ2n) is 4.27.